The number of nitrogen functional groups attached to an aromatic ring is 1. The smallest absolute Gasteiger partial charge is 0.338 e. The van der Waals surface area contributed by atoms with Crippen LogP contribution in [0.5, 0.6) is 0 Å². The molecular formula is C16H16BrNO2. The zero-order valence-electron chi connectivity index (χ0n) is 11.4. The molecule has 0 unspecified atom stereocenters. The van der Waals surface area contributed by atoms with Gasteiger partial charge in [-0.25, -0.2) is 4.79 Å². The molecule has 0 atom stereocenters. The summed E-state index contributed by atoms with van der Waals surface area (Å²) < 4.78 is 6.11. The lowest BCUT2D eigenvalue weighted by atomic mass is 10.1. The van der Waals surface area contributed by atoms with E-state index in [2.05, 4.69) is 15.9 Å². The number of benzene rings is 2. The van der Waals surface area contributed by atoms with Gasteiger partial charge in [-0.3, -0.25) is 0 Å². The summed E-state index contributed by atoms with van der Waals surface area (Å²) >= 11 is 3.33. The quantitative estimate of drug-likeness (QED) is 0.682. The van der Waals surface area contributed by atoms with Gasteiger partial charge in [0.2, 0.25) is 0 Å². The Bertz CT molecular complexity index is 653. The summed E-state index contributed by atoms with van der Waals surface area (Å²) in [4.78, 5) is 12.1. The van der Waals surface area contributed by atoms with Crippen LogP contribution in [0.15, 0.2) is 40.9 Å². The first-order chi connectivity index (χ1) is 9.47. The van der Waals surface area contributed by atoms with Gasteiger partial charge in [-0.1, -0.05) is 45.8 Å². The van der Waals surface area contributed by atoms with Gasteiger partial charge in [0.25, 0.3) is 0 Å². The zero-order chi connectivity index (χ0) is 14.7. The largest absolute Gasteiger partial charge is 0.457 e. The highest BCUT2D eigenvalue weighted by Crippen LogP contribution is 2.23. The number of hydrogen-bond donors (Lipinski definition) is 1. The van der Waals surface area contributed by atoms with Gasteiger partial charge in [0.05, 0.1) is 5.56 Å². The van der Waals surface area contributed by atoms with Crippen molar-refractivity contribution in [1.82, 2.24) is 0 Å². The van der Waals surface area contributed by atoms with Crippen molar-refractivity contribution in [2.24, 2.45) is 0 Å². The predicted octanol–water partition coefficient (Wildman–Crippen LogP) is 4.01. The van der Waals surface area contributed by atoms with E-state index < -0.39 is 0 Å². The molecule has 0 radical (unpaired) electrons. The van der Waals surface area contributed by atoms with Crippen LogP contribution >= 0.6 is 15.9 Å². The Balaban J connectivity index is 2.13. The second-order valence-electron chi connectivity index (χ2n) is 4.73. The molecule has 104 valence electrons. The lowest BCUT2D eigenvalue weighted by Gasteiger charge is -2.10. The van der Waals surface area contributed by atoms with E-state index in [1.54, 1.807) is 12.1 Å². The van der Waals surface area contributed by atoms with Crippen LogP contribution in [0, 0.1) is 13.8 Å². The molecule has 4 heteroatoms. The number of ether oxygens (including phenoxy) is 1. The third-order valence-corrected chi connectivity index (χ3v) is 3.54. The maximum absolute atomic E-state index is 12.1. The third kappa shape index (κ3) is 3.39. The molecule has 3 nitrogen and oxygen atoms in total. The van der Waals surface area contributed by atoms with Crippen molar-refractivity contribution in [2.45, 2.75) is 20.5 Å². The van der Waals surface area contributed by atoms with Crippen molar-refractivity contribution in [3.8, 4) is 0 Å². The fraction of sp³-hybridized carbons (Fsp3) is 0.188. The van der Waals surface area contributed by atoms with Crippen molar-refractivity contribution in [1.29, 1.82) is 0 Å². The molecule has 0 aliphatic heterocycles. The number of nitrogens with two attached hydrogens (primary N) is 1. The number of anilines is 1. The van der Waals surface area contributed by atoms with Crippen molar-refractivity contribution >= 4 is 27.6 Å². The van der Waals surface area contributed by atoms with Gasteiger partial charge in [0.15, 0.2) is 0 Å². The predicted molar refractivity (Wildman–Crippen MR) is 83.6 cm³/mol. The van der Waals surface area contributed by atoms with Gasteiger partial charge in [0.1, 0.15) is 6.61 Å². The van der Waals surface area contributed by atoms with Gasteiger partial charge < -0.3 is 10.5 Å². The van der Waals surface area contributed by atoms with Crippen molar-refractivity contribution < 1.29 is 9.53 Å². The first-order valence-corrected chi connectivity index (χ1v) is 7.05. The molecule has 2 aromatic carbocycles. The van der Waals surface area contributed by atoms with E-state index in [1.807, 2.05) is 38.1 Å². The summed E-state index contributed by atoms with van der Waals surface area (Å²) in [7, 11) is 0. The number of carbonyl (C=O) groups is 1. The minimum Gasteiger partial charge on any atom is -0.457 e. The van der Waals surface area contributed by atoms with Crippen LogP contribution in [-0.4, -0.2) is 5.97 Å². The Kier molecular flexibility index (Phi) is 4.45. The molecule has 20 heavy (non-hydrogen) atoms. The molecule has 0 bridgehead atoms. The summed E-state index contributed by atoms with van der Waals surface area (Å²) in [6.45, 7) is 4.07. The molecule has 0 saturated heterocycles. The van der Waals surface area contributed by atoms with Crippen LogP contribution in [0.2, 0.25) is 0 Å². The molecule has 0 fully saturated rings. The monoisotopic (exact) mass is 333 g/mol. The second-order valence-corrected chi connectivity index (χ2v) is 5.65. The van der Waals surface area contributed by atoms with Crippen molar-refractivity contribution in [3.63, 3.8) is 0 Å². The minimum absolute atomic E-state index is 0.256. The molecule has 0 amide bonds. The lowest BCUT2D eigenvalue weighted by Crippen LogP contribution is -2.08. The second kappa shape index (κ2) is 6.09. The third-order valence-electron chi connectivity index (χ3n) is 3.08. The number of esters is 1. The van der Waals surface area contributed by atoms with Crippen LogP contribution in [0.25, 0.3) is 0 Å². The van der Waals surface area contributed by atoms with E-state index in [0.29, 0.717) is 11.3 Å². The Morgan fingerprint density at radius 2 is 2.00 bits per heavy atom. The highest BCUT2D eigenvalue weighted by atomic mass is 79.9. The van der Waals surface area contributed by atoms with Crippen LogP contribution in [0.4, 0.5) is 5.69 Å². The summed E-state index contributed by atoms with van der Waals surface area (Å²) in [6.07, 6.45) is 0. The highest BCUT2D eigenvalue weighted by molar-refractivity contribution is 9.10. The molecule has 2 rings (SSSR count). The zero-order valence-corrected chi connectivity index (χ0v) is 13.0. The lowest BCUT2D eigenvalue weighted by molar-refractivity contribution is 0.0472. The Morgan fingerprint density at radius 3 is 2.70 bits per heavy atom. The normalized spacial score (nSPS) is 10.3. The van der Waals surface area contributed by atoms with E-state index in [-0.39, 0.29) is 12.6 Å². The molecular weight excluding hydrogens is 318 g/mol. The molecule has 2 N–H and O–H groups in total. The molecule has 0 heterocycles. The number of halogens is 1. The average molecular weight is 334 g/mol. The van der Waals surface area contributed by atoms with Crippen LogP contribution in [0.1, 0.15) is 27.0 Å². The summed E-state index contributed by atoms with van der Waals surface area (Å²) in [5.74, 6) is -0.364. The van der Waals surface area contributed by atoms with Crippen molar-refractivity contribution in [2.75, 3.05) is 5.73 Å². The van der Waals surface area contributed by atoms with E-state index in [0.717, 1.165) is 21.2 Å². The standard InChI is InChI=1S/C16H16BrNO2/c1-10-4-3-5-12(6-10)9-20-16(19)14-7-13(17)8-15(18)11(14)2/h3-8H,9,18H2,1-2H3. The van der Waals surface area contributed by atoms with Crippen LogP contribution < -0.4 is 5.73 Å². The van der Waals surface area contributed by atoms with Gasteiger partial charge in [-0.2, -0.15) is 0 Å². The van der Waals surface area contributed by atoms with Crippen molar-refractivity contribution in [3.05, 3.63) is 63.1 Å². The fourth-order valence-electron chi connectivity index (χ4n) is 1.94. The summed E-state index contributed by atoms with van der Waals surface area (Å²) in [5, 5.41) is 0. The maximum Gasteiger partial charge on any atom is 0.338 e. The van der Waals surface area contributed by atoms with E-state index in [4.69, 9.17) is 10.5 Å². The minimum atomic E-state index is -0.364. The molecule has 0 aliphatic rings. The molecule has 0 aliphatic carbocycles. The first-order valence-electron chi connectivity index (χ1n) is 6.25. The van der Waals surface area contributed by atoms with E-state index in [1.165, 1.54) is 0 Å². The Labute approximate surface area is 126 Å². The number of carbonyl (C=O) groups excluding carboxylic acids is 1. The SMILES string of the molecule is Cc1cccc(COC(=O)c2cc(Br)cc(N)c2C)c1. The van der Waals surface area contributed by atoms with Gasteiger partial charge in [-0.15, -0.1) is 0 Å². The van der Waals surface area contributed by atoms with Gasteiger partial charge >= 0.3 is 5.97 Å². The Hall–Kier alpha value is -1.81. The topological polar surface area (TPSA) is 52.3 Å². The molecule has 0 spiro atoms. The van der Waals surface area contributed by atoms with E-state index >= 15 is 0 Å². The van der Waals surface area contributed by atoms with Gasteiger partial charge in [0, 0.05) is 10.2 Å². The first kappa shape index (κ1) is 14.6. The average Bonchev–Trinajstić information content (AvgIpc) is 2.40. The Morgan fingerprint density at radius 1 is 1.25 bits per heavy atom. The summed E-state index contributed by atoms with van der Waals surface area (Å²) in [6, 6.07) is 11.4. The number of aryl methyl sites for hydroxylation is 1. The highest BCUT2D eigenvalue weighted by Gasteiger charge is 2.13. The number of hydrogen-bond acceptors (Lipinski definition) is 3. The molecule has 0 saturated carbocycles. The van der Waals surface area contributed by atoms with E-state index in [9.17, 15) is 4.79 Å². The summed E-state index contributed by atoms with van der Waals surface area (Å²) in [5.41, 5.74) is 9.76. The molecule has 2 aromatic rings. The molecule has 0 aromatic heterocycles. The van der Waals surface area contributed by atoms with Gasteiger partial charge in [-0.05, 0) is 37.1 Å². The van der Waals surface area contributed by atoms with Crippen LogP contribution in [0.3, 0.4) is 0 Å². The van der Waals surface area contributed by atoms with Crippen LogP contribution in [-0.2, 0) is 11.3 Å². The maximum atomic E-state index is 12.1. The number of rotatable bonds is 3. The fourth-order valence-corrected chi connectivity index (χ4v) is 2.42.